The highest BCUT2D eigenvalue weighted by atomic mass is 16.1. The van der Waals surface area contributed by atoms with E-state index in [1.165, 1.54) is 6.08 Å². The van der Waals surface area contributed by atoms with Gasteiger partial charge in [0.2, 0.25) is 0 Å². The summed E-state index contributed by atoms with van der Waals surface area (Å²) in [5.74, 6) is -0.0300. The smallest absolute Gasteiger partial charge is 0.155 e. The zero-order chi connectivity index (χ0) is 8.69. The molecule has 0 bridgehead atoms. The Morgan fingerprint density at radius 1 is 1.18 bits per heavy atom. The average molecular weight is 152 g/mol. The lowest BCUT2D eigenvalue weighted by Crippen LogP contribution is -2.00. The number of ketones is 2. The van der Waals surface area contributed by atoms with Crippen molar-refractivity contribution in [3.8, 4) is 0 Å². The first-order valence-electron chi connectivity index (χ1n) is 3.48. The number of Topliss-reactive ketones (excluding diaryl/α,β-unsaturated/α-hetero) is 1. The molecule has 0 aliphatic carbocycles. The van der Waals surface area contributed by atoms with Gasteiger partial charge in [0.15, 0.2) is 5.78 Å². The quantitative estimate of drug-likeness (QED) is 0.428. The predicted molar refractivity (Wildman–Crippen MR) is 44.3 cm³/mol. The van der Waals surface area contributed by atoms with Crippen molar-refractivity contribution in [3.05, 3.63) is 25.3 Å². The summed E-state index contributed by atoms with van der Waals surface area (Å²) in [6, 6.07) is 0. The normalized spacial score (nSPS) is 8.73. The lowest BCUT2D eigenvalue weighted by Gasteiger charge is -1.92. The number of allylic oxidation sites excluding steroid dienone is 2. The highest BCUT2D eigenvalue weighted by Crippen LogP contribution is 1.96. The van der Waals surface area contributed by atoms with Gasteiger partial charge in [0, 0.05) is 19.3 Å². The molecule has 0 spiro atoms. The Morgan fingerprint density at radius 2 is 1.82 bits per heavy atom. The van der Waals surface area contributed by atoms with Crippen LogP contribution in [-0.4, -0.2) is 11.6 Å². The van der Waals surface area contributed by atoms with E-state index in [4.69, 9.17) is 0 Å². The molecule has 60 valence electrons. The van der Waals surface area contributed by atoms with Crippen molar-refractivity contribution in [1.29, 1.82) is 0 Å². The van der Waals surface area contributed by atoms with E-state index in [-0.39, 0.29) is 18.0 Å². The molecule has 0 amide bonds. The van der Waals surface area contributed by atoms with Crippen LogP contribution in [0.4, 0.5) is 0 Å². The van der Waals surface area contributed by atoms with E-state index in [9.17, 15) is 9.59 Å². The van der Waals surface area contributed by atoms with E-state index < -0.39 is 0 Å². The van der Waals surface area contributed by atoms with Crippen LogP contribution in [-0.2, 0) is 9.59 Å². The second-order valence-electron chi connectivity index (χ2n) is 2.20. The van der Waals surface area contributed by atoms with E-state index in [1.807, 2.05) is 0 Å². The number of hydrogen-bond donors (Lipinski definition) is 0. The molecule has 0 aliphatic heterocycles. The Labute approximate surface area is 66.6 Å². The Balaban J connectivity index is 3.53. The van der Waals surface area contributed by atoms with Gasteiger partial charge in [-0.3, -0.25) is 9.59 Å². The minimum absolute atomic E-state index is 0.0511. The molecule has 11 heavy (non-hydrogen) atoms. The molecular weight excluding hydrogens is 140 g/mol. The van der Waals surface area contributed by atoms with Gasteiger partial charge in [0.1, 0.15) is 5.78 Å². The van der Waals surface area contributed by atoms with Crippen molar-refractivity contribution in [1.82, 2.24) is 0 Å². The van der Waals surface area contributed by atoms with Gasteiger partial charge in [-0.25, -0.2) is 0 Å². The van der Waals surface area contributed by atoms with Crippen molar-refractivity contribution in [2.45, 2.75) is 19.3 Å². The molecule has 0 rings (SSSR count). The van der Waals surface area contributed by atoms with Gasteiger partial charge in [-0.15, -0.1) is 6.58 Å². The lowest BCUT2D eigenvalue weighted by atomic mass is 10.1. The molecule has 0 fully saturated rings. The summed E-state index contributed by atoms with van der Waals surface area (Å²) in [4.78, 5) is 21.4. The van der Waals surface area contributed by atoms with Crippen LogP contribution in [0.25, 0.3) is 0 Å². The first kappa shape index (κ1) is 9.82. The average Bonchev–Trinajstić information content (AvgIpc) is 2.01. The monoisotopic (exact) mass is 152 g/mol. The molecule has 0 saturated heterocycles. The largest absolute Gasteiger partial charge is 0.299 e. The molecule has 0 aliphatic rings. The van der Waals surface area contributed by atoms with Crippen LogP contribution >= 0.6 is 0 Å². The first-order valence-corrected chi connectivity index (χ1v) is 3.48. The Hall–Kier alpha value is -1.18. The number of hydrogen-bond acceptors (Lipinski definition) is 2. The first-order chi connectivity index (χ1) is 5.20. The van der Waals surface area contributed by atoms with Crippen LogP contribution < -0.4 is 0 Å². The third-order valence-electron chi connectivity index (χ3n) is 1.25. The van der Waals surface area contributed by atoms with Crippen LogP contribution in [0.15, 0.2) is 25.3 Å². The molecular formula is C9H12O2. The Bertz CT molecular complexity index is 180. The van der Waals surface area contributed by atoms with Crippen molar-refractivity contribution >= 4 is 11.6 Å². The number of carbonyl (C=O) groups excluding carboxylic acids is 2. The second kappa shape index (κ2) is 5.59. The van der Waals surface area contributed by atoms with Crippen LogP contribution in [0, 0.1) is 0 Å². The van der Waals surface area contributed by atoms with E-state index in [2.05, 4.69) is 13.2 Å². The molecule has 0 N–H and O–H groups in total. The maximum atomic E-state index is 10.8. The fraction of sp³-hybridized carbons (Fsp3) is 0.333. The molecule has 2 nitrogen and oxygen atoms in total. The zero-order valence-corrected chi connectivity index (χ0v) is 6.51. The highest BCUT2D eigenvalue weighted by molar-refractivity contribution is 5.92. The number of rotatable bonds is 6. The van der Waals surface area contributed by atoms with Gasteiger partial charge in [0.25, 0.3) is 0 Å². The summed E-state index contributed by atoms with van der Waals surface area (Å²) in [6.45, 7) is 6.73. The number of carbonyl (C=O) groups is 2. The van der Waals surface area contributed by atoms with Crippen LogP contribution in [0.2, 0.25) is 0 Å². The van der Waals surface area contributed by atoms with Gasteiger partial charge < -0.3 is 0 Å². The van der Waals surface area contributed by atoms with Gasteiger partial charge in [-0.1, -0.05) is 12.7 Å². The summed E-state index contributed by atoms with van der Waals surface area (Å²) in [6.07, 6.45) is 3.71. The fourth-order valence-corrected chi connectivity index (χ4v) is 0.628. The molecule has 0 aromatic heterocycles. The van der Waals surface area contributed by atoms with Crippen LogP contribution in [0.1, 0.15) is 19.3 Å². The molecule has 0 radical (unpaired) electrons. The molecule has 0 aromatic carbocycles. The van der Waals surface area contributed by atoms with E-state index in [0.29, 0.717) is 12.8 Å². The zero-order valence-electron chi connectivity index (χ0n) is 6.51. The van der Waals surface area contributed by atoms with Crippen molar-refractivity contribution in [2.75, 3.05) is 0 Å². The third kappa shape index (κ3) is 5.27. The van der Waals surface area contributed by atoms with E-state index in [0.717, 1.165) is 0 Å². The van der Waals surface area contributed by atoms with Crippen molar-refractivity contribution < 1.29 is 9.59 Å². The summed E-state index contributed by atoms with van der Waals surface area (Å²) in [5.41, 5.74) is 0. The molecule has 0 saturated carbocycles. The van der Waals surface area contributed by atoms with Gasteiger partial charge in [-0.05, 0) is 6.08 Å². The SMILES string of the molecule is C=CCC(=O)CCC(=O)C=C. The maximum absolute atomic E-state index is 10.8. The van der Waals surface area contributed by atoms with Gasteiger partial charge in [-0.2, -0.15) is 0 Å². The second-order valence-corrected chi connectivity index (χ2v) is 2.20. The van der Waals surface area contributed by atoms with E-state index >= 15 is 0 Å². The minimum atomic E-state index is -0.0811. The summed E-state index contributed by atoms with van der Waals surface area (Å²) in [7, 11) is 0. The Morgan fingerprint density at radius 3 is 2.27 bits per heavy atom. The molecule has 0 heterocycles. The molecule has 0 aromatic rings. The fourth-order valence-electron chi connectivity index (χ4n) is 0.628. The van der Waals surface area contributed by atoms with Crippen molar-refractivity contribution in [3.63, 3.8) is 0 Å². The van der Waals surface area contributed by atoms with Crippen LogP contribution in [0.5, 0.6) is 0 Å². The van der Waals surface area contributed by atoms with Crippen molar-refractivity contribution in [2.24, 2.45) is 0 Å². The van der Waals surface area contributed by atoms with Gasteiger partial charge in [0.05, 0.1) is 0 Å². The molecule has 0 atom stereocenters. The third-order valence-corrected chi connectivity index (χ3v) is 1.25. The minimum Gasteiger partial charge on any atom is -0.299 e. The maximum Gasteiger partial charge on any atom is 0.155 e. The summed E-state index contributed by atoms with van der Waals surface area (Å²) >= 11 is 0. The topological polar surface area (TPSA) is 34.1 Å². The molecule has 0 unspecified atom stereocenters. The Kier molecular flexibility index (Phi) is 4.99. The van der Waals surface area contributed by atoms with Crippen LogP contribution in [0.3, 0.4) is 0 Å². The lowest BCUT2D eigenvalue weighted by molar-refractivity contribution is -0.121. The summed E-state index contributed by atoms with van der Waals surface area (Å²) < 4.78 is 0. The summed E-state index contributed by atoms with van der Waals surface area (Å²) in [5, 5.41) is 0. The van der Waals surface area contributed by atoms with E-state index in [1.54, 1.807) is 6.08 Å². The van der Waals surface area contributed by atoms with Gasteiger partial charge >= 0.3 is 0 Å². The standard InChI is InChI=1S/C9H12O2/c1-3-5-9(11)7-6-8(10)4-2/h3-4H,1-2,5-7H2. The predicted octanol–water partition coefficient (Wildman–Crippen LogP) is 1.67. The molecule has 2 heteroatoms. The highest BCUT2D eigenvalue weighted by Gasteiger charge is 2.01.